The summed E-state index contributed by atoms with van der Waals surface area (Å²) in [5, 5.41) is 6.84. The molecule has 10 nitrogen and oxygen atoms in total. The number of unbranched alkanes of at least 4 members (excludes halogenated alkanes) is 1. The van der Waals surface area contributed by atoms with Crippen molar-refractivity contribution in [2.45, 2.75) is 75.1 Å². The van der Waals surface area contributed by atoms with Crippen molar-refractivity contribution in [3.8, 4) is 0 Å². The average molecular weight is 456 g/mol. The van der Waals surface area contributed by atoms with Gasteiger partial charge in [-0.1, -0.05) is 6.42 Å². The van der Waals surface area contributed by atoms with Crippen LogP contribution in [0.2, 0.25) is 0 Å². The highest BCUT2D eigenvalue weighted by atomic mass is 32.2. The van der Waals surface area contributed by atoms with E-state index in [-0.39, 0.29) is 49.8 Å². The first-order valence-electron chi connectivity index (χ1n) is 10.8. The molecule has 3 fully saturated rings. The molecule has 3 saturated heterocycles. The number of carbonyl (C=O) groups excluding carboxylic acids is 5. The molecular weight excluding hydrogens is 426 g/mol. The van der Waals surface area contributed by atoms with Gasteiger partial charge < -0.3 is 20.2 Å². The highest BCUT2D eigenvalue weighted by Crippen LogP contribution is 2.33. The fraction of sp³-hybridized carbons (Fsp3) is 0.750. The van der Waals surface area contributed by atoms with Gasteiger partial charge in [0.2, 0.25) is 0 Å². The number of amides is 4. The molecule has 31 heavy (non-hydrogen) atoms. The van der Waals surface area contributed by atoms with Crippen LogP contribution in [0, 0.1) is 0 Å². The quantitative estimate of drug-likeness (QED) is 0.240. The maximum atomic E-state index is 12.0. The molecular formula is C20H29N3O7S. The van der Waals surface area contributed by atoms with Gasteiger partial charge in [0.15, 0.2) is 0 Å². The third-order valence-electron chi connectivity index (χ3n) is 5.53. The van der Waals surface area contributed by atoms with E-state index in [0.717, 1.165) is 25.0 Å². The Morgan fingerprint density at radius 3 is 2.48 bits per heavy atom. The minimum Gasteiger partial charge on any atom is -0.381 e. The smallest absolute Gasteiger partial charge is 0.335 e. The number of urea groups is 1. The third kappa shape index (κ3) is 6.93. The summed E-state index contributed by atoms with van der Waals surface area (Å²) in [4.78, 5) is 62.5. The Labute approximate surface area is 185 Å². The first-order chi connectivity index (χ1) is 14.9. The van der Waals surface area contributed by atoms with Crippen LogP contribution in [0.5, 0.6) is 0 Å². The van der Waals surface area contributed by atoms with E-state index in [1.165, 1.54) is 0 Å². The molecule has 0 aromatic carbocycles. The number of ketones is 1. The predicted molar refractivity (Wildman–Crippen MR) is 111 cm³/mol. The van der Waals surface area contributed by atoms with Crippen LogP contribution >= 0.6 is 11.8 Å². The number of carbonyl (C=O) groups is 5. The molecule has 0 aromatic heterocycles. The van der Waals surface area contributed by atoms with Crippen LogP contribution in [-0.2, 0) is 28.8 Å². The van der Waals surface area contributed by atoms with Crippen LogP contribution in [0.4, 0.5) is 4.79 Å². The van der Waals surface area contributed by atoms with Gasteiger partial charge in [-0.2, -0.15) is 11.8 Å². The molecule has 3 unspecified atom stereocenters. The fourth-order valence-electron chi connectivity index (χ4n) is 3.87. The lowest BCUT2D eigenvalue weighted by Crippen LogP contribution is -2.36. The monoisotopic (exact) mass is 455 g/mol. The van der Waals surface area contributed by atoms with Gasteiger partial charge in [0.1, 0.15) is 5.78 Å². The number of hydrogen-bond donors (Lipinski definition) is 2. The second-order valence-electron chi connectivity index (χ2n) is 7.92. The van der Waals surface area contributed by atoms with Gasteiger partial charge in [-0.15, -0.1) is 5.06 Å². The van der Waals surface area contributed by atoms with Crippen LogP contribution in [0.1, 0.15) is 57.8 Å². The lowest BCUT2D eigenvalue weighted by atomic mass is 10.0. The minimum atomic E-state index is -0.695. The molecule has 0 saturated carbocycles. The SMILES string of the molecule is O=C(CCCCC1SCC2NC(=O)NC21)CCCOCCC(=O)ON1C(=O)CCC1=O. The number of hydrogen-bond acceptors (Lipinski definition) is 8. The van der Waals surface area contributed by atoms with Crippen molar-refractivity contribution in [2.24, 2.45) is 0 Å². The molecule has 3 aliphatic heterocycles. The lowest BCUT2D eigenvalue weighted by molar-refractivity contribution is -0.198. The van der Waals surface area contributed by atoms with E-state index < -0.39 is 17.8 Å². The van der Waals surface area contributed by atoms with Crippen molar-refractivity contribution < 1.29 is 33.5 Å². The summed E-state index contributed by atoms with van der Waals surface area (Å²) < 4.78 is 5.33. The number of nitrogens with zero attached hydrogens (tertiary/aromatic N) is 1. The van der Waals surface area contributed by atoms with Crippen molar-refractivity contribution >= 4 is 41.4 Å². The number of nitrogens with one attached hydrogen (secondary N) is 2. The highest BCUT2D eigenvalue weighted by Gasteiger charge is 2.42. The van der Waals surface area contributed by atoms with Gasteiger partial charge in [0.05, 0.1) is 25.1 Å². The van der Waals surface area contributed by atoms with E-state index in [0.29, 0.717) is 36.2 Å². The van der Waals surface area contributed by atoms with Crippen LogP contribution in [0.3, 0.4) is 0 Å². The van der Waals surface area contributed by atoms with Gasteiger partial charge in [-0.3, -0.25) is 14.4 Å². The van der Waals surface area contributed by atoms with E-state index in [4.69, 9.17) is 9.57 Å². The summed E-state index contributed by atoms with van der Waals surface area (Å²) in [7, 11) is 0. The van der Waals surface area contributed by atoms with Gasteiger partial charge in [0, 0.05) is 43.3 Å². The van der Waals surface area contributed by atoms with E-state index >= 15 is 0 Å². The predicted octanol–water partition coefficient (Wildman–Crippen LogP) is 1.08. The van der Waals surface area contributed by atoms with Crippen molar-refractivity contribution in [1.82, 2.24) is 15.7 Å². The molecule has 0 bridgehead atoms. The highest BCUT2D eigenvalue weighted by molar-refractivity contribution is 8.00. The Hall–Kier alpha value is -2.14. The molecule has 3 aliphatic rings. The number of thioether (sulfide) groups is 1. The van der Waals surface area contributed by atoms with Gasteiger partial charge in [-0.25, -0.2) is 9.59 Å². The molecule has 172 valence electrons. The Morgan fingerprint density at radius 2 is 1.71 bits per heavy atom. The summed E-state index contributed by atoms with van der Waals surface area (Å²) in [6.45, 7) is 0.463. The average Bonchev–Trinajstić information content (AvgIpc) is 3.38. The van der Waals surface area contributed by atoms with E-state index in [1.807, 2.05) is 11.8 Å². The molecule has 3 rings (SSSR count). The summed E-state index contributed by atoms with van der Waals surface area (Å²) in [6, 6.07) is 0.363. The Bertz CT molecular complexity index is 701. The standard InChI is InChI=1S/C20H29N3O7S/c24-13(4-1-2-6-15-19-14(12-31-15)21-20(28)22-19)5-3-10-29-11-9-18(27)30-23-16(25)7-8-17(23)26/h14-15,19H,1-12H2,(H2,21,22,28). The minimum absolute atomic E-state index is 0.0624. The van der Waals surface area contributed by atoms with E-state index in [2.05, 4.69) is 10.6 Å². The van der Waals surface area contributed by atoms with Crippen molar-refractivity contribution in [1.29, 1.82) is 0 Å². The Kier molecular flexibility index (Phi) is 8.70. The first-order valence-corrected chi connectivity index (χ1v) is 11.8. The number of rotatable bonds is 13. The molecule has 0 aliphatic carbocycles. The molecule has 0 spiro atoms. The van der Waals surface area contributed by atoms with Gasteiger partial charge >= 0.3 is 12.0 Å². The maximum absolute atomic E-state index is 12.0. The maximum Gasteiger partial charge on any atom is 0.335 e. The van der Waals surface area contributed by atoms with Crippen molar-refractivity contribution in [3.63, 3.8) is 0 Å². The number of hydroxylamine groups is 2. The molecule has 4 amide bonds. The molecule has 3 heterocycles. The second kappa shape index (κ2) is 11.5. The topological polar surface area (TPSA) is 131 Å². The molecule has 0 radical (unpaired) electrons. The second-order valence-corrected chi connectivity index (χ2v) is 9.19. The van der Waals surface area contributed by atoms with Crippen LogP contribution in [0.15, 0.2) is 0 Å². The number of imide groups is 1. The molecule has 2 N–H and O–H groups in total. The van der Waals surface area contributed by atoms with Crippen molar-refractivity contribution in [2.75, 3.05) is 19.0 Å². The zero-order valence-corrected chi connectivity index (χ0v) is 18.2. The Balaban J connectivity index is 1.15. The normalized spacial score (nSPS) is 24.8. The summed E-state index contributed by atoms with van der Waals surface area (Å²) in [6.07, 6.45) is 4.41. The van der Waals surface area contributed by atoms with E-state index in [9.17, 15) is 24.0 Å². The van der Waals surface area contributed by atoms with Gasteiger partial charge in [-0.05, 0) is 19.3 Å². The molecule has 3 atom stereocenters. The van der Waals surface area contributed by atoms with E-state index in [1.54, 1.807) is 0 Å². The largest absolute Gasteiger partial charge is 0.381 e. The summed E-state index contributed by atoms with van der Waals surface area (Å²) in [5.74, 6) is -0.571. The van der Waals surface area contributed by atoms with Gasteiger partial charge in [0.25, 0.3) is 11.8 Å². The number of fused-ring (bicyclic) bond motifs is 1. The van der Waals surface area contributed by atoms with Crippen LogP contribution in [-0.4, -0.2) is 71.0 Å². The zero-order chi connectivity index (χ0) is 22.2. The molecule has 0 aromatic rings. The fourth-order valence-corrected chi connectivity index (χ4v) is 5.41. The van der Waals surface area contributed by atoms with Crippen LogP contribution < -0.4 is 10.6 Å². The summed E-state index contributed by atoms with van der Waals surface area (Å²) >= 11 is 1.88. The lowest BCUT2D eigenvalue weighted by Gasteiger charge is -2.16. The van der Waals surface area contributed by atoms with Crippen molar-refractivity contribution in [3.05, 3.63) is 0 Å². The third-order valence-corrected chi connectivity index (χ3v) is 7.03. The summed E-state index contributed by atoms with van der Waals surface area (Å²) in [5.41, 5.74) is 0. The number of Topliss-reactive ketones (excluding diaryl/α,β-unsaturated/α-hetero) is 1. The van der Waals surface area contributed by atoms with Crippen LogP contribution in [0.25, 0.3) is 0 Å². The Morgan fingerprint density at radius 1 is 0.968 bits per heavy atom. The first kappa shape index (κ1) is 23.5. The zero-order valence-electron chi connectivity index (χ0n) is 17.4. The molecule has 11 heteroatoms. The number of ether oxygens (including phenoxy) is 1.